The quantitative estimate of drug-likeness (QED) is 0.654. The highest BCUT2D eigenvalue weighted by atomic mass is 16.6. The zero-order chi connectivity index (χ0) is 20.7. The average Bonchev–Trinajstić information content (AvgIpc) is 3.21. The van der Waals surface area contributed by atoms with Crippen LogP contribution in [0, 0.1) is 0 Å². The minimum Gasteiger partial charge on any atom is -0.482 e. The molecule has 0 saturated carbocycles. The fraction of sp³-hybridized carbons (Fsp3) is 0.429. The summed E-state index contributed by atoms with van der Waals surface area (Å²) in [7, 11) is 1.58. The van der Waals surface area contributed by atoms with Crippen molar-refractivity contribution in [3.05, 3.63) is 42.2 Å². The number of para-hydroxylation sites is 2. The number of hydrogen-bond acceptors (Lipinski definition) is 7. The second kappa shape index (κ2) is 7.47. The number of fused-ring (bicyclic) bond motifs is 2. The highest BCUT2D eigenvalue weighted by Crippen LogP contribution is 2.35. The fourth-order valence-electron chi connectivity index (χ4n) is 4.08. The molecule has 3 aromatic rings. The Hall–Kier alpha value is -3.36. The minimum absolute atomic E-state index is 0.0404. The van der Waals surface area contributed by atoms with Crippen molar-refractivity contribution in [2.75, 3.05) is 20.2 Å². The second-order valence-corrected chi connectivity index (χ2v) is 7.61. The van der Waals surface area contributed by atoms with Crippen LogP contribution in [0.15, 0.2) is 36.4 Å². The number of carbonyl (C=O) groups is 1. The van der Waals surface area contributed by atoms with Crippen LogP contribution in [0.2, 0.25) is 0 Å². The number of rotatable bonds is 3. The van der Waals surface area contributed by atoms with Crippen LogP contribution in [0.1, 0.15) is 31.5 Å². The molecule has 4 heterocycles. The number of ether oxygens (including phenoxy) is 3. The molecule has 1 aromatic carbocycles. The first-order valence-corrected chi connectivity index (χ1v) is 10.1. The van der Waals surface area contributed by atoms with Crippen LogP contribution >= 0.6 is 0 Å². The lowest BCUT2D eigenvalue weighted by atomic mass is 9.95. The van der Waals surface area contributed by atoms with Crippen molar-refractivity contribution in [3.63, 3.8) is 0 Å². The third-order valence-corrected chi connectivity index (χ3v) is 5.73. The highest BCUT2D eigenvalue weighted by molar-refractivity contribution is 5.82. The summed E-state index contributed by atoms with van der Waals surface area (Å²) in [4.78, 5) is 15.0. The van der Waals surface area contributed by atoms with Crippen LogP contribution in [-0.2, 0) is 4.79 Å². The van der Waals surface area contributed by atoms with Crippen LogP contribution in [-0.4, -0.2) is 63.0 Å². The summed E-state index contributed by atoms with van der Waals surface area (Å²) in [5.41, 5.74) is 0.685. The first kappa shape index (κ1) is 18.7. The van der Waals surface area contributed by atoms with Gasteiger partial charge in [-0.3, -0.25) is 4.79 Å². The van der Waals surface area contributed by atoms with E-state index in [-0.39, 0.29) is 17.9 Å². The smallest absolute Gasteiger partial charge is 0.267 e. The predicted octanol–water partition coefficient (Wildman–Crippen LogP) is 2.07. The van der Waals surface area contributed by atoms with E-state index in [1.165, 1.54) is 0 Å². The minimum atomic E-state index is -0.642. The number of methoxy groups -OCH3 is 1. The van der Waals surface area contributed by atoms with Crippen molar-refractivity contribution in [2.24, 2.45) is 0 Å². The maximum absolute atomic E-state index is 13.1. The van der Waals surface area contributed by atoms with Gasteiger partial charge >= 0.3 is 0 Å². The molecule has 0 bridgehead atoms. The molecule has 1 amide bonds. The molecule has 0 radical (unpaired) electrons. The molecule has 2 aliphatic heterocycles. The van der Waals surface area contributed by atoms with Gasteiger partial charge in [0.2, 0.25) is 12.0 Å². The van der Waals surface area contributed by atoms with Crippen LogP contribution in [0.5, 0.6) is 17.4 Å². The second-order valence-electron chi connectivity index (χ2n) is 7.61. The maximum Gasteiger partial charge on any atom is 0.267 e. The van der Waals surface area contributed by atoms with Crippen LogP contribution < -0.4 is 14.2 Å². The van der Waals surface area contributed by atoms with Crippen molar-refractivity contribution in [2.45, 2.75) is 37.9 Å². The van der Waals surface area contributed by atoms with Crippen molar-refractivity contribution < 1.29 is 19.0 Å². The van der Waals surface area contributed by atoms with Gasteiger partial charge in [-0.2, -0.15) is 4.52 Å². The summed E-state index contributed by atoms with van der Waals surface area (Å²) in [6, 6.07) is 11.0. The third kappa shape index (κ3) is 3.20. The Kier molecular flexibility index (Phi) is 4.65. The molecule has 9 heteroatoms. The van der Waals surface area contributed by atoms with E-state index in [1.807, 2.05) is 42.2 Å². The summed E-state index contributed by atoms with van der Waals surface area (Å²) in [6.45, 7) is 3.11. The number of hydrogen-bond donors (Lipinski definition) is 0. The van der Waals surface area contributed by atoms with Crippen molar-refractivity contribution in [1.82, 2.24) is 24.7 Å². The van der Waals surface area contributed by atoms with Crippen LogP contribution in [0.4, 0.5) is 0 Å². The summed E-state index contributed by atoms with van der Waals surface area (Å²) in [5.74, 6) is 2.73. The Bertz CT molecular complexity index is 1080. The Morgan fingerprint density at radius 1 is 1.07 bits per heavy atom. The largest absolute Gasteiger partial charge is 0.482 e. The lowest BCUT2D eigenvalue weighted by molar-refractivity contribution is -0.145. The number of amides is 1. The van der Waals surface area contributed by atoms with Crippen molar-refractivity contribution in [3.8, 4) is 17.4 Å². The maximum atomic E-state index is 13.1. The average molecular weight is 409 g/mol. The van der Waals surface area contributed by atoms with Gasteiger partial charge in [0.05, 0.1) is 7.11 Å². The van der Waals surface area contributed by atoms with E-state index in [0.717, 1.165) is 18.7 Å². The normalized spacial score (nSPS) is 21.6. The molecule has 2 aromatic heterocycles. The Morgan fingerprint density at radius 3 is 2.53 bits per heavy atom. The number of likely N-dealkylation sites (tertiary alicyclic amines) is 1. The van der Waals surface area contributed by atoms with Gasteiger partial charge in [0, 0.05) is 25.1 Å². The van der Waals surface area contributed by atoms with E-state index < -0.39 is 6.10 Å². The fourth-order valence-corrected chi connectivity index (χ4v) is 4.08. The first-order chi connectivity index (χ1) is 14.6. The van der Waals surface area contributed by atoms with Gasteiger partial charge in [-0.05, 0) is 38.0 Å². The Morgan fingerprint density at radius 2 is 1.80 bits per heavy atom. The van der Waals surface area contributed by atoms with Gasteiger partial charge in [0.15, 0.2) is 23.0 Å². The molecule has 0 spiro atoms. The zero-order valence-corrected chi connectivity index (χ0v) is 16.9. The van der Waals surface area contributed by atoms with Crippen LogP contribution in [0.25, 0.3) is 5.65 Å². The molecule has 156 valence electrons. The van der Waals surface area contributed by atoms with Gasteiger partial charge in [0.25, 0.3) is 5.91 Å². The lowest BCUT2D eigenvalue weighted by Gasteiger charge is -2.37. The number of piperidine rings is 1. The van der Waals surface area contributed by atoms with Gasteiger partial charge in [0.1, 0.15) is 6.10 Å². The van der Waals surface area contributed by atoms with Crippen molar-refractivity contribution in [1.29, 1.82) is 0 Å². The molecular weight excluding hydrogens is 386 g/mol. The molecule has 0 N–H and O–H groups in total. The molecule has 1 fully saturated rings. The summed E-state index contributed by atoms with van der Waals surface area (Å²) in [6.07, 6.45) is 0.576. The molecule has 1 saturated heterocycles. The van der Waals surface area contributed by atoms with E-state index in [0.29, 0.717) is 36.1 Å². The van der Waals surface area contributed by atoms with Crippen LogP contribution in [0.3, 0.4) is 0 Å². The summed E-state index contributed by atoms with van der Waals surface area (Å²) < 4.78 is 18.8. The number of benzene rings is 1. The van der Waals surface area contributed by atoms with E-state index >= 15 is 0 Å². The molecule has 2 unspecified atom stereocenters. The van der Waals surface area contributed by atoms with E-state index in [1.54, 1.807) is 17.7 Å². The standard InChI is InChI=1S/C21H23N5O4/c1-13-19(30-16-6-4-3-5-15(16)29-13)21(27)25-11-9-14(10-12-25)20-23-22-17-7-8-18(28-2)24-26(17)20/h3-8,13-14,19H,9-12H2,1-2H3. The van der Waals surface area contributed by atoms with E-state index in [4.69, 9.17) is 14.2 Å². The Balaban J connectivity index is 1.28. The van der Waals surface area contributed by atoms with Gasteiger partial charge in [-0.1, -0.05) is 12.1 Å². The number of nitrogens with zero attached hydrogens (tertiary/aromatic N) is 5. The van der Waals surface area contributed by atoms with Gasteiger partial charge in [-0.25, -0.2) is 0 Å². The van der Waals surface area contributed by atoms with E-state index in [2.05, 4.69) is 15.3 Å². The highest BCUT2D eigenvalue weighted by Gasteiger charge is 2.38. The predicted molar refractivity (Wildman–Crippen MR) is 107 cm³/mol. The monoisotopic (exact) mass is 409 g/mol. The molecular formula is C21H23N5O4. The molecule has 0 aliphatic carbocycles. The lowest BCUT2D eigenvalue weighted by Crippen LogP contribution is -2.52. The molecule has 30 heavy (non-hydrogen) atoms. The number of aromatic nitrogens is 4. The topological polar surface area (TPSA) is 91.1 Å². The molecule has 2 atom stereocenters. The first-order valence-electron chi connectivity index (χ1n) is 10.1. The molecule has 5 rings (SSSR count). The SMILES string of the molecule is COc1ccc2nnc(C3CCN(C(=O)C4Oc5ccccc5OC4C)CC3)n2n1. The van der Waals surface area contributed by atoms with Gasteiger partial charge < -0.3 is 19.1 Å². The van der Waals surface area contributed by atoms with Crippen molar-refractivity contribution >= 4 is 11.6 Å². The molecule has 9 nitrogen and oxygen atoms in total. The zero-order valence-electron chi connectivity index (χ0n) is 16.9. The third-order valence-electron chi connectivity index (χ3n) is 5.73. The summed E-state index contributed by atoms with van der Waals surface area (Å²) in [5, 5.41) is 13.0. The van der Waals surface area contributed by atoms with E-state index in [9.17, 15) is 4.79 Å². The number of carbonyl (C=O) groups excluding carboxylic acids is 1. The summed E-state index contributed by atoms with van der Waals surface area (Å²) >= 11 is 0. The Labute approximate surface area is 173 Å². The molecule has 2 aliphatic rings. The van der Waals surface area contributed by atoms with Gasteiger partial charge in [-0.15, -0.1) is 15.3 Å².